The van der Waals surface area contributed by atoms with Gasteiger partial charge in [0.2, 0.25) is 0 Å². The number of hydrogen-bond acceptors (Lipinski definition) is 2. The Kier molecular flexibility index (Phi) is 3.69. The van der Waals surface area contributed by atoms with Gasteiger partial charge in [-0.2, -0.15) is 8.42 Å². The summed E-state index contributed by atoms with van der Waals surface area (Å²) in [6.45, 7) is 0. The average Bonchev–Trinajstić information content (AvgIpc) is 2.14. The Morgan fingerprint density at radius 2 is 1.38 bits per heavy atom. The molecule has 0 bridgehead atoms. The molecule has 0 amide bonds. The first-order valence-electron chi connectivity index (χ1n) is 3.43. The van der Waals surface area contributed by atoms with E-state index in [2.05, 4.69) is 4.51 Å². The molecule has 3 nitrogen and oxygen atoms in total. The fourth-order valence-electron chi connectivity index (χ4n) is 0.929. The zero-order valence-electron chi connectivity index (χ0n) is 7.27. The largest absolute Gasteiger partial charge is 0.300 e. The normalized spacial score (nSPS) is 11.8. The molecule has 0 aliphatic rings. The Morgan fingerprint density at radius 1 is 1.00 bits per heavy atom. The first-order valence-corrected chi connectivity index (χ1v) is 7.48. The first-order chi connectivity index (χ1) is 7.21. The molecule has 90 valence electrons. The molecule has 0 aromatic heterocycles. The zero-order chi connectivity index (χ0) is 12.7. The number of benzene rings is 1. The molecule has 0 spiro atoms. The molecule has 1 aromatic carbocycles. The van der Waals surface area contributed by atoms with Gasteiger partial charge >= 0.3 is 10.1 Å². The molecule has 1 N–H and O–H groups in total. The van der Waals surface area contributed by atoms with Crippen molar-refractivity contribution < 1.29 is 30.5 Å². The third kappa shape index (κ3) is 2.11. The fraction of sp³-hybridized carbons (Fsp3) is 0. The highest BCUT2D eigenvalue weighted by atomic mass is 127. The molecule has 0 unspecified atom stereocenters. The van der Waals surface area contributed by atoms with Crippen molar-refractivity contribution in [3.63, 3.8) is 0 Å². The van der Waals surface area contributed by atoms with Gasteiger partial charge in [0.15, 0.2) is 28.2 Å². The Morgan fingerprint density at radius 3 is 1.62 bits per heavy atom. The third-order valence-corrected chi connectivity index (χ3v) is 4.15. The average molecular weight is 370 g/mol. The van der Waals surface area contributed by atoms with E-state index >= 15 is 0 Å². The van der Waals surface area contributed by atoms with E-state index in [0.717, 1.165) is 0 Å². The molecule has 0 aliphatic carbocycles. The van der Waals surface area contributed by atoms with Crippen LogP contribution in [0, 0.1) is 26.8 Å². The molecule has 0 fully saturated rings. The van der Waals surface area contributed by atoms with E-state index in [4.69, 9.17) is 4.55 Å². The third-order valence-electron chi connectivity index (χ3n) is 1.56. The van der Waals surface area contributed by atoms with Crippen LogP contribution in [0.25, 0.3) is 0 Å². The van der Waals surface area contributed by atoms with E-state index in [-0.39, 0.29) is 0 Å². The summed E-state index contributed by atoms with van der Waals surface area (Å²) >= 11 is -1.57. The van der Waals surface area contributed by atoms with Crippen LogP contribution < -0.4 is 0 Å². The van der Waals surface area contributed by atoms with Crippen molar-refractivity contribution in [2.24, 2.45) is 0 Å². The van der Waals surface area contributed by atoms with E-state index < -0.39 is 62.6 Å². The van der Waals surface area contributed by atoms with E-state index in [1.165, 1.54) is 0 Å². The summed E-state index contributed by atoms with van der Waals surface area (Å²) < 4.78 is 83.9. The van der Waals surface area contributed by atoms with Gasteiger partial charge in [0.05, 0.1) is 3.57 Å². The molecule has 0 heterocycles. The van der Waals surface area contributed by atoms with Crippen molar-refractivity contribution >= 4 is 35.4 Å². The summed E-state index contributed by atoms with van der Waals surface area (Å²) in [5, 5.41) is 0. The Bertz CT molecular complexity index is 540. The predicted octanol–water partition coefficient (Wildman–Crippen LogP) is 2.06. The molecule has 1 aromatic rings. The van der Waals surface area contributed by atoms with Gasteiger partial charge in [-0.3, -0.25) is 4.55 Å². The van der Waals surface area contributed by atoms with Gasteiger partial charge in [-0.15, -0.1) is 0 Å². The van der Waals surface area contributed by atoms with Crippen LogP contribution in [0.5, 0.6) is 0 Å². The monoisotopic (exact) mass is 370 g/mol. The quantitative estimate of drug-likeness (QED) is 0.285. The molecule has 0 radical (unpaired) electrons. The maximum atomic E-state index is 13.1. The SMILES string of the molecule is C=Ic1c(F)c(F)c(S(=O)(=O)O)c(F)c1F. The highest BCUT2D eigenvalue weighted by molar-refractivity contribution is 14.2. The Balaban J connectivity index is 3.89. The zero-order valence-corrected chi connectivity index (χ0v) is 10.2. The highest BCUT2D eigenvalue weighted by Crippen LogP contribution is 2.29. The minimum absolute atomic E-state index is 0.916. The summed E-state index contributed by atoms with van der Waals surface area (Å²) in [5.74, 6) is -7.96. The molecule has 0 saturated carbocycles. The van der Waals surface area contributed by atoms with Crippen molar-refractivity contribution in [2.75, 3.05) is 0 Å². The lowest BCUT2D eigenvalue weighted by molar-refractivity contribution is 0.398. The van der Waals surface area contributed by atoms with Crippen LogP contribution in [0.1, 0.15) is 0 Å². The number of rotatable bonds is 2. The molecule has 0 aliphatic heterocycles. The lowest BCUT2D eigenvalue weighted by atomic mass is 10.3. The van der Waals surface area contributed by atoms with Crippen LogP contribution in [0.3, 0.4) is 0 Å². The van der Waals surface area contributed by atoms with Crippen molar-refractivity contribution in [1.29, 1.82) is 0 Å². The molecular weight excluding hydrogens is 367 g/mol. The van der Waals surface area contributed by atoms with Crippen LogP contribution in [0.2, 0.25) is 0 Å². The summed E-state index contributed by atoms with van der Waals surface area (Å²) in [7, 11) is -5.37. The molecule has 0 saturated heterocycles. The van der Waals surface area contributed by atoms with Crippen LogP contribution in [0.15, 0.2) is 4.90 Å². The predicted molar refractivity (Wildman–Crippen MR) is 55.9 cm³/mol. The van der Waals surface area contributed by atoms with Gasteiger partial charge in [0.25, 0.3) is 0 Å². The maximum Gasteiger partial charge on any atom is 0.300 e. The van der Waals surface area contributed by atoms with E-state index in [0.29, 0.717) is 0 Å². The van der Waals surface area contributed by atoms with Crippen LogP contribution in [-0.2, 0) is 10.1 Å². The van der Waals surface area contributed by atoms with Crippen molar-refractivity contribution in [2.45, 2.75) is 4.90 Å². The summed E-state index contributed by atoms with van der Waals surface area (Å²) in [6.07, 6.45) is 0. The standard InChI is InChI=1S/C7H3F4IO3S/c1-12-6-2(8)4(10)7(16(13,14)15)5(11)3(6)9/h1H2,(H,13,14,15). The molecule has 16 heavy (non-hydrogen) atoms. The van der Waals surface area contributed by atoms with Crippen molar-refractivity contribution in [3.05, 3.63) is 26.8 Å². The lowest BCUT2D eigenvalue weighted by Crippen LogP contribution is -2.11. The Labute approximate surface area is 97.6 Å². The van der Waals surface area contributed by atoms with Crippen molar-refractivity contribution in [1.82, 2.24) is 0 Å². The van der Waals surface area contributed by atoms with Crippen LogP contribution in [0.4, 0.5) is 17.6 Å². The second-order valence-corrected chi connectivity index (χ2v) is 5.71. The van der Waals surface area contributed by atoms with E-state index in [1.54, 1.807) is 0 Å². The smallest absolute Gasteiger partial charge is 0.282 e. The van der Waals surface area contributed by atoms with Gasteiger partial charge in [0, 0.05) is 0 Å². The molecule has 0 atom stereocenters. The van der Waals surface area contributed by atoms with Gasteiger partial charge < -0.3 is 0 Å². The second-order valence-electron chi connectivity index (χ2n) is 2.51. The fourth-order valence-corrected chi connectivity index (χ4v) is 2.70. The van der Waals surface area contributed by atoms with Gasteiger partial charge in [-0.25, -0.2) is 17.6 Å². The summed E-state index contributed by atoms with van der Waals surface area (Å²) in [6, 6.07) is 0. The van der Waals surface area contributed by atoms with E-state index in [1.807, 2.05) is 0 Å². The Hall–Kier alpha value is -0.550. The minimum atomic E-state index is -5.37. The van der Waals surface area contributed by atoms with Gasteiger partial charge in [-0.05, 0) is 0 Å². The maximum absolute atomic E-state index is 13.1. The molecule has 9 heteroatoms. The van der Waals surface area contributed by atoms with E-state index in [9.17, 15) is 26.0 Å². The van der Waals surface area contributed by atoms with Gasteiger partial charge in [0.1, 0.15) is 0 Å². The van der Waals surface area contributed by atoms with Crippen LogP contribution in [-0.4, -0.2) is 17.5 Å². The number of halogens is 5. The lowest BCUT2D eigenvalue weighted by Gasteiger charge is -2.06. The molecule has 1 rings (SSSR count). The highest BCUT2D eigenvalue weighted by Gasteiger charge is 2.31. The second kappa shape index (κ2) is 4.37. The van der Waals surface area contributed by atoms with Crippen molar-refractivity contribution in [3.8, 4) is 0 Å². The van der Waals surface area contributed by atoms with Gasteiger partial charge in [-0.1, -0.05) is 25.2 Å². The minimum Gasteiger partial charge on any atom is -0.282 e. The van der Waals surface area contributed by atoms with Crippen LogP contribution >= 0.6 is 20.7 Å². The summed E-state index contributed by atoms with van der Waals surface area (Å²) in [4.78, 5) is -2.02. The summed E-state index contributed by atoms with van der Waals surface area (Å²) in [5.41, 5.74) is 0. The molecular formula is C7H3F4IO3S. The number of hydrogen-bond donors (Lipinski definition) is 1. The first kappa shape index (κ1) is 13.5. The topological polar surface area (TPSA) is 54.4 Å².